The van der Waals surface area contributed by atoms with Crippen LogP contribution in [0.15, 0.2) is 70.5 Å². The van der Waals surface area contributed by atoms with Gasteiger partial charge in [-0.25, -0.2) is 8.42 Å². The van der Waals surface area contributed by atoms with Crippen molar-refractivity contribution in [3.8, 4) is 17.2 Å². The summed E-state index contributed by atoms with van der Waals surface area (Å²) in [5, 5.41) is 5.75. The highest BCUT2D eigenvalue weighted by Gasteiger charge is 2.26. The molecule has 0 saturated heterocycles. The molecule has 0 bridgehead atoms. The van der Waals surface area contributed by atoms with E-state index in [0.29, 0.717) is 29.5 Å². The maximum absolute atomic E-state index is 13.4. The Bertz CT molecular complexity index is 1260. The number of hydrogen-bond donors (Lipinski definition) is 2. The number of nitrogens with one attached hydrogen (secondary N) is 2. The average molecular weight is 485 g/mol. The van der Waals surface area contributed by atoms with Crippen molar-refractivity contribution in [3.63, 3.8) is 0 Å². The minimum Gasteiger partial charge on any atom is -0.497 e. The van der Waals surface area contributed by atoms with Crippen molar-refractivity contribution >= 4 is 27.1 Å². The Labute approximate surface area is 199 Å². The first-order valence-electron chi connectivity index (χ1n) is 10.6. The molecule has 0 heterocycles. The molecule has 0 radical (unpaired) electrons. The second kappa shape index (κ2) is 10.9. The van der Waals surface area contributed by atoms with Gasteiger partial charge in [-0.05, 0) is 38.1 Å². The third kappa shape index (κ3) is 5.60. The number of aryl methyl sites for hydroxylation is 1. The van der Waals surface area contributed by atoms with Crippen LogP contribution < -0.4 is 24.8 Å². The van der Waals surface area contributed by atoms with Crippen molar-refractivity contribution in [3.05, 3.63) is 66.2 Å². The van der Waals surface area contributed by atoms with Crippen LogP contribution in [0.4, 0.5) is 11.4 Å². The molecule has 8 nitrogen and oxygen atoms in total. The lowest BCUT2D eigenvalue weighted by atomic mass is 10.2. The summed E-state index contributed by atoms with van der Waals surface area (Å²) in [6, 6.07) is 16.6. The lowest BCUT2D eigenvalue weighted by Gasteiger charge is -2.17. The summed E-state index contributed by atoms with van der Waals surface area (Å²) >= 11 is 0. The molecule has 0 aliphatic carbocycles. The van der Waals surface area contributed by atoms with E-state index in [9.17, 15) is 13.2 Å². The Morgan fingerprint density at radius 3 is 2.29 bits per heavy atom. The van der Waals surface area contributed by atoms with E-state index in [1.54, 1.807) is 48.5 Å². The van der Waals surface area contributed by atoms with E-state index in [-0.39, 0.29) is 28.0 Å². The molecule has 3 aromatic carbocycles. The van der Waals surface area contributed by atoms with E-state index < -0.39 is 9.84 Å². The molecule has 0 unspecified atom stereocenters. The third-order valence-corrected chi connectivity index (χ3v) is 6.76. The molecule has 0 saturated carbocycles. The van der Waals surface area contributed by atoms with E-state index in [1.165, 1.54) is 20.3 Å². The summed E-state index contributed by atoms with van der Waals surface area (Å²) in [5.41, 5.74) is 1.79. The number of methoxy groups -OCH3 is 2. The van der Waals surface area contributed by atoms with E-state index >= 15 is 0 Å². The predicted octanol–water partition coefficient (Wildman–Crippen LogP) is 4.29. The van der Waals surface area contributed by atoms with Crippen LogP contribution in [0.3, 0.4) is 0 Å². The Hall–Kier alpha value is -3.72. The van der Waals surface area contributed by atoms with Crippen molar-refractivity contribution in [1.82, 2.24) is 0 Å². The molecular formula is C25H28N2O6S. The number of sulfone groups is 1. The Morgan fingerprint density at radius 1 is 0.941 bits per heavy atom. The molecule has 0 fully saturated rings. The summed E-state index contributed by atoms with van der Waals surface area (Å²) in [6.07, 6.45) is 0. The molecule has 1 amide bonds. The molecule has 0 spiro atoms. The van der Waals surface area contributed by atoms with Crippen LogP contribution in [0.25, 0.3) is 0 Å². The Kier molecular flexibility index (Phi) is 8.01. The van der Waals surface area contributed by atoms with Crippen LogP contribution in [0.1, 0.15) is 12.5 Å². The highest BCUT2D eigenvalue weighted by atomic mass is 32.2. The van der Waals surface area contributed by atoms with E-state index in [1.807, 2.05) is 19.9 Å². The summed E-state index contributed by atoms with van der Waals surface area (Å²) in [5.74, 6) is 0.601. The van der Waals surface area contributed by atoms with Gasteiger partial charge in [0, 0.05) is 12.1 Å². The van der Waals surface area contributed by atoms with Crippen molar-refractivity contribution in [2.45, 2.75) is 23.6 Å². The van der Waals surface area contributed by atoms with E-state index in [0.717, 1.165) is 5.56 Å². The lowest BCUT2D eigenvalue weighted by Crippen LogP contribution is -2.22. The molecule has 180 valence electrons. The molecule has 3 aromatic rings. The average Bonchev–Trinajstić information content (AvgIpc) is 2.83. The molecule has 3 rings (SSSR count). The first-order valence-corrected chi connectivity index (χ1v) is 12.1. The van der Waals surface area contributed by atoms with Gasteiger partial charge in [0.05, 0.1) is 43.6 Å². The molecular weight excluding hydrogens is 456 g/mol. The number of hydrogen-bond acceptors (Lipinski definition) is 7. The fourth-order valence-corrected chi connectivity index (χ4v) is 4.76. The monoisotopic (exact) mass is 484 g/mol. The van der Waals surface area contributed by atoms with Crippen LogP contribution in [0.5, 0.6) is 17.2 Å². The first kappa shape index (κ1) is 24.9. The fraction of sp³-hybridized carbons (Fsp3) is 0.240. The zero-order valence-electron chi connectivity index (χ0n) is 19.5. The predicted molar refractivity (Wildman–Crippen MR) is 131 cm³/mol. The Balaban J connectivity index is 1.89. The normalized spacial score (nSPS) is 10.9. The lowest BCUT2D eigenvalue weighted by molar-refractivity contribution is -0.114. The minimum atomic E-state index is -3.91. The van der Waals surface area contributed by atoms with Gasteiger partial charge in [-0.2, -0.15) is 0 Å². The number of amides is 1. The maximum atomic E-state index is 13.4. The molecule has 0 aliphatic heterocycles. The number of rotatable bonds is 10. The van der Waals surface area contributed by atoms with Crippen molar-refractivity contribution in [2.24, 2.45) is 0 Å². The molecule has 34 heavy (non-hydrogen) atoms. The molecule has 0 aliphatic rings. The quantitative estimate of drug-likeness (QED) is 0.442. The van der Waals surface area contributed by atoms with Gasteiger partial charge in [0.1, 0.15) is 16.4 Å². The van der Waals surface area contributed by atoms with E-state index in [2.05, 4.69) is 10.6 Å². The Morgan fingerprint density at radius 2 is 1.65 bits per heavy atom. The smallest absolute Gasteiger partial charge is 0.243 e. The SMILES string of the molecule is CCOc1ccccc1NC(=O)CNc1cc(OC)cc(S(=O)(=O)c2ccc(C)cc2)c1OC. The maximum Gasteiger partial charge on any atom is 0.243 e. The summed E-state index contributed by atoms with van der Waals surface area (Å²) in [6.45, 7) is 4.05. The fourth-order valence-electron chi connectivity index (χ4n) is 3.30. The van der Waals surface area contributed by atoms with Gasteiger partial charge >= 0.3 is 0 Å². The molecule has 0 aromatic heterocycles. The zero-order valence-corrected chi connectivity index (χ0v) is 20.4. The largest absolute Gasteiger partial charge is 0.497 e. The molecule has 9 heteroatoms. The highest BCUT2D eigenvalue weighted by molar-refractivity contribution is 7.91. The zero-order chi connectivity index (χ0) is 24.7. The number of carbonyl (C=O) groups is 1. The van der Waals surface area contributed by atoms with Gasteiger partial charge in [-0.1, -0.05) is 29.8 Å². The van der Waals surface area contributed by atoms with Crippen molar-refractivity contribution < 1.29 is 27.4 Å². The van der Waals surface area contributed by atoms with Crippen LogP contribution in [0, 0.1) is 6.92 Å². The van der Waals surface area contributed by atoms with Crippen LogP contribution in [-0.4, -0.2) is 41.7 Å². The topological polar surface area (TPSA) is 103 Å². The third-order valence-electron chi connectivity index (χ3n) is 4.99. The van der Waals surface area contributed by atoms with Crippen LogP contribution in [0.2, 0.25) is 0 Å². The number of anilines is 2. The van der Waals surface area contributed by atoms with E-state index in [4.69, 9.17) is 14.2 Å². The highest BCUT2D eigenvalue weighted by Crippen LogP contribution is 2.39. The summed E-state index contributed by atoms with van der Waals surface area (Å²) in [7, 11) is -1.10. The van der Waals surface area contributed by atoms with Gasteiger partial charge in [0.15, 0.2) is 5.75 Å². The van der Waals surface area contributed by atoms with Crippen LogP contribution >= 0.6 is 0 Å². The van der Waals surface area contributed by atoms with Gasteiger partial charge in [0.2, 0.25) is 15.7 Å². The number of benzene rings is 3. The second-order valence-corrected chi connectivity index (χ2v) is 9.27. The van der Waals surface area contributed by atoms with Crippen molar-refractivity contribution in [2.75, 3.05) is 38.0 Å². The standard InChI is InChI=1S/C25H28N2O6S/c1-5-33-22-9-7-6-8-20(22)27-24(28)16-26-21-14-18(31-3)15-23(25(21)32-4)34(29,30)19-12-10-17(2)11-13-19/h6-15,26H,5,16H2,1-4H3,(H,27,28). The van der Waals surface area contributed by atoms with Gasteiger partial charge < -0.3 is 24.8 Å². The van der Waals surface area contributed by atoms with Crippen LogP contribution in [-0.2, 0) is 14.6 Å². The number of ether oxygens (including phenoxy) is 3. The molecule has 2 N–H and O–H groups in total. The summed E-state index contributed by atoms with van der Waals surface area (Å²) in [4.78, 5) is 12.7. The first-order chi connectivity index (χ1) is 16.3. The molecule has 0 atom stereocenters. The van der Waals surface area contributed by atoms with Gasteiger partial charge in [-0.15, -0.1) is 0 Å². The second-order valence-electron chi connectivity index (χ2n) is 7.35. The number of carbonyl (C=O) groups excluding carboxylic acids is 1. The van der Waals surface area contributed by atoms with Crippen molar-refractivity contribution in [1.29, 1.82) is 0 Å². The summed E-state index contributed by atoms with van der Waals surface area (Å²) < 4.78 is 43.0. The number of para-hydroxylation sites is 2. The van der Waals surface area contributed by atoms with Gasteiger partial charge in [0.25, 0.3) is 0 Å². The minimum absolute atomic E-state index is 0.0668. The van der Waals surface area contributed by atoms with Gasteiger partial charge in [-0.3, -0.25) is 4.79 Å².